The van der Waals surface area contributed by atoms with E-state index in [1.165, 1.54) is 5.56 Å². The van der Waals surface area contributed by atoms with Gasteiger partial charge in [0.15, 0.2) is 0 Å². The molecule has 0 aliphatic carbocycles. The lowest BCUT2D eigenvalue weighted by Crippen LogP contribution is -2.12. The van der Waals surface area contributed by atoms with Gasteiger partial charge in [0.25, 0.3) is 0 Å². The van der Waals surface area contributed by atoms with Crippen molar-refractivity contribution in [3.63, 3.8) is 0 Å². The monoisotopic (exact) mass is 316 g/mol. The fourth-order valence-corrected chi connectivity index (χ4v) is 2.27. The van der Waals surface area contributed by atoms with Crippen LogP contribution >= 0.6 is 15.9 Å². The Bertz CT molecular complexity index is 589. The highest BCUT2D eigenvalue weighted by Gasteiger charge is 2.07. The summed E-state index contributed by atoms with van der Waals surface area (Å²) in [5.41, 5.74) is 9.14. The lowest BCUT2D eigenvalue weighted by Gasteiger charge is -2.11. The Labute approximate surface area is 122 Å². The smallest absolute Gasteiger partial charge is 0.131 e. The summed E-state index contributed by atoms with van der Waals surface area (Å²) >= 11 is 3.50. The van der Waals surface area contributed by atoms with Crippen LogP contribution in [0.2, 0.25) is 0 Å². The Morgan fingerprint density at radius 3 is 2.42 bits per heavy atom. The van der Waals surface area contributed by atoms with E-state index in [-0.39, 0.29) is 0 Å². The molecule has 2 N–H and O–H groups in total. The zero-order chi connectivity index (χ0) is 13.8. The summed E-state index contributed by atoms with van der Waals surface area (Å²) in [6, 6.07) is 15.9. The van der Waals surface area contributed by atoms with Gasteiger partial charge in [-0.25, -0.2) is 4.99 Å². The van der Waals surface area contributed by atoms with Crippen LogP contribution in [0.1, 0.15) is 30.9 Å². The summed E-state index contributed by atoms with van der Waals surface area (Å²) < 4.78 is 1.06. The molecular formula is C16H17BrN2. The van der Waals surface area contributed by atoms with Crippen molar-refractivity contribution in [1.29, 1.82) is 0 Å². The molecule has 0 atom stereocenters. The molecule has 0 aliphatic heterocycles. The van der Waals surface area contributed by atoms with Crippen molar-refractivity contribution in [2.24, 2.45) is 10.7 Å². The quantitative estimate of drug-likeness (QED) is 0.651. The zero-order valence-electron chi connectivity index (χ0n) is 11.1. The van der Waals surface area contributed by atoms with Gasteiger partial charge in [-0.3, -0.25) is 0 Å². The minimum Gasteiger partial charge on any atom is -0.383 e. The van der Waals surface area contributed by atoms with Crippen LogP contribution in [0.4, 0.5) is 5.69 Å². The summed E-state index contributed by atoms with van der Waals surface area (Å²) in [4.78, 5) is 4.57. The highest BCUT2D eigenvalue weighted by molar-refractivity contribution is 9.10. The number of benzene rings is 2. The molecule has 98 valence electrons. The van der Waals surface area contributed by atoms with Crippen LogP contribution in [0.15, 0.2) is 58.0 Å². The van der Waals surface area contributed by atoms with Gasteiger partial charge in [-0.15, -0.1) is 0 Å². The first kappa shape index (κ1) is 13.8. The molecule has 0 bridgehead atoms. The SMILES string of the molecule is CC(C)c1cc(Br)ccc1N=C(N)c1ccccc1. The van der Waals surface area contributed by atoms with Crippen LogP contribution in [0.25, 0.3) is 0 Å². The van der Waals surface area contributed by atoms with Crippen molar-refractivity contribution in [3.05, 3.63) is 64.1 Å². The second-order valence-electron chi connectivity index (χ2n) is 4.72. The maximum absolute atomic E-state index is 6.07. The van der Waals surface area contributed by atoms with E-state index in [1.54, 1.807) is 0 Å². The van der Waals surface area contributed by atoms with Crippen molar-refractivity contribution in [2.45, 2.75) is 19.8 Å². The van der Waals surface area contributed by atoms with E-state index >= 15 is 0 Å². The molecule has 2 nitrogen and oxygen atoms in total. The Morgan fingerprint density at radius 1 is 1.11 bits per heavy atom. The van der Waals surface area contributed by atoms with Gasteiger partial charge in [-0.1, -0.05) is 60.1 Å². The standard InChI is InChI=1S/C16H17BrN2/c1-11(2)14-10-13(17)8-9-15(14)19-16(18)12-6-4-3-5-7-12/h3-11H,1-2H3,(H2,18,19). The first-order valence-electron chi connectivity index (χ1n) is 6.27. The molecule has 2 aromatic carbocycles. The minimum atomic E-state index is 0.403. The summed E-state index contributed by atoms with van der Waals surface area (Å²) in [6.45, 7) is 4.30. The third kappa shape index (κ3) is 3.44. The maximum atomic E-state index is 6.07. The van der Waals surface area contributed by atoms with Gasteiger partial charge in [0, 0.05) is 10.0 Å². The molecule has 0 aliphatic rings. The van der Waals surface area contributed by atoms with Gasteiger partial charge in [-0.2, -0.15) is 0 Å². The van der Waals surface area contributed by atoms with Crippen LogP contribution in [0.3, 0.4) is 0 Å². The molecule has 0 fully saturated rings. The van der Waals surface area contributed by atoms with E-state index in [2.05, 4.69) is 40.8 Å². The maximum Gasteiger partial charge on any atom is 0.131 e. The lowest BCUT2D eigenvalue weighted by atomic mass is 10.0. The van der Waals surface area contributed by atoms with Crippen LogP contribution in [0, 0.1) is 0 Å². The highest BCUT2D eigenvalue weighted by atomic mass is 79.9. The molecule has 0 heterocycles. The second kappa shape index (κ2) is 6.02. The average Bonchev–Trinajstić information content (AvgIpc) is 2.41. The number of nitrogens with zero attached hydrogens (tertiary/aromatic N) is 1. The van der Waals surface area contributed by atoms with E-state index in [1.807, 2.05) is 42.5 Å². The fourth-order valence-electron chi connectivity index (χ4n) is 1.89. The van der Waals surface area contributed by atoms with Crippen molar-refractivity contribution in [3.8, 4) is 0 Å². The number of hydrogen-bond acceptors (Lipinski definition) is 1. The lowest BCUT2D eigenvalue weighted by molar-refractivity contribution is 0.866. The number of aliphatic imine (C=N–C) groups is 1. The van der Waals surface area contributed by atoms with E-state index in [9.17, 15) is 0 Å². The normalized spacial score (nSPS) is 11.9. The highest BCUT2D eigenvalue weighted by Crippen LogP contribution is 2.30. The summed E-state index contributed by atoms with van der Waals surface area (Å²) in [5, 5.41) is 0. The van der Waals surface area contributed by atoms with E-state index in [4.69, 9.17) is 5.73 Å². The molecular weight excluding hydrogens is 300 g/mol. The molecule has 0 radical (unpaired) electrons. The van der Waals surface area contributed by atoms with Gasteiger partial charge < -0.3 is 5.73 Å². The summed E-state index contributed by atoms with van der Waals surface area (Å²) in [5.74, 6) is 0.949. The first-order chi connectivity index (χ1) is 9.08. The van der Waals surface area contributed by atoms with Crippen LogP contribution in [-0.2, 0) is 0 Å². The Hall–Kier alpha value is -1.61. The minimum absolute atomic E-state index is 0.403. The predicted octanol–water partition coefficient (Wildman–Crippen LogP) is 4.61. The Kier molecular flexibility index (Phi) is 4.38. The predicted molar refractivity (Wildman–Crippen MR) is 85.1 cm³/mol. The summed E-state index contributed by atoms with van der Waals surface area (Å²) in [6.07, 6.45) is 0. The second-order valence-corrected chi connectivity index (χ2v) is 5.64. The van der Waals surface area contributed by atoms with Gasteiger partial charge in [0.05, 0.1) is 5.69 Å². The van der Waals surface area contributed by atoms with Crippen LogP contribution in [0.5, 0.6) is 0 Å². The molecule has 19 heavy (non-hydrogen) atoms. The van der Waals surface area contributed by atoms with Crippen LogP contribution in [-0.4, -0.2) is 5.84 Å². The van der Waals surface area contributed by atoms with Gasteiger partial charge in [-0.05, 0) is 29.7 Å². The number of rotatable bonds is 3. The molecule has 0 unspecified atom stereocenters. The zero-order valence-corrected chi connectivity index (χ0v) is 12.7. The molecule has 0 aromatic heterocycles. The molecule has 0 saturated carbocycles. The first-order valence-corrected chi connectivity index (χ1v) is 7.06. The van der Waals surface area contributed by atoms with Crippen LogP contribution < -0.4 is 5.73 Å². The van der Waals surface area contributed by atoms with E-state index in [0.29, 0.717) is 11.8 Å². The molecule has 2 rings (SSSR count). The van der Waals surface area contributed by atoms with E-state index in [0.717, 1.165) is 15.7 Å². The van der Waals surface area contributed by atoms with Gasteiger partial charge in [0.2, 0.25) is 0 Å². The number of hydrogen-bond donors (Lipinski definition) is 1. The molecule has 0 spiro atoms. The van der Waals surface area contributed by atoms with Gasteiger partial charge >= 0.3 is 0 Å². The Balaban J connectivity index is 2.43. The van der Waals surface area contributed by atoms with E-state index < -0.39 is 0 Å². The third-order valence-electron chi connectivity index (χ3n) is 2.92. The van der Waals surface area contributed by atoms with Crippen molar-refractivity contribution < 1.29 is 0 Å². The van der Waals surface area contributed by atoms with Crippen molar-refractivity contribution in [1.82, 2.24) is 0 Å². The van der Waals surface area contributed by atoms with Gasteiger partial charge in [0.1, 0.15) is 5.84 Å². The van der Waals surface area contributed by atoms with Crippen molar-refractivity contribution >= 4 is 27.5 Å². The third-order valence-corrected chi connectivity index (χ3v) is 3.42. The molecule has 0 saturated heterocycles. The Morgan fingerprint density at radius 2 is 1.79 bits per heavy atom. The largest absolute Gasteiger partial charge is 0.383 e. The average molecular weight is 317 g/mol. The molecule has 2 aromatic rings. The number of halogens is 1. The van der Waals surface area contributed by atoms with Crippen molar-refractivity contribution in [2.75, 3.05) is 0 Å². The topological polar surface area (TPSA) is 38.4 Å². The molecule has 3 heteroatoms. The number of nitrogens with two attached hydrogens (primary N) is 1. The molecule has 0 amide bonds. The number of amidine groups is 1. The fraction of sp³-hybridized carbons (Fsp3) is 0.188. The summed E-state index contributed by atoms with van der Waals surface area (Å²) in [7, 11) is 0.